The second-order valence-electron chi connectivity index (χ2n) is 10.3. The van der Waals surface area contributed by atoms with E-state index in [0.29, 0.717) is 18.7 Å². The molecule has 0 saturated carbocycles. The van der Waals surface area contributed by atoms with E-state index in [1.807, 2.05) is 52.8 Å². The van der Waals surface area contributed by atoms with Crippen LogP contribution in [0.25, 0.3) is 0 Å². The number of carbonyl (C=O) groups excluding carboxylic acids is 2. The molecule has 2 aromatic rings. The molecule has 10 nitrogen and oxygen atoms in total. The van der Waals surface area contributed by atoms with E-state index in [9.17, 15) is 14.9 Å². The SMILES string of the molecule is CC.CCNC(=O)C(SCC(C)(C)C#N)c1cccc(CCN2CCN(c3ccc(OC)cc3)CC2)c1.CN.N#CCNC=O. The Labute approximate surface area is 275 Å². The molecular weight excluding hydrogens is 586 g/mol. The van der Waals surface area contributed by atoms with Gasteiger partial charge in [-0.3, -0.25) is 14.5 Å². The number of carbonyl (C=O) groups is 2. The first-order chi connectivity index (χ1) is 21.8. The van der Waals surface area contributed by atoms with Gasteiger partial charge in [-0.25, -0.2) is 0 Å². The van der Waals surface area contributed by atoms with Gasteiger partial charge >= 0.3 is 0 Å². The van der Waals surface area contributed by atoms with Crippen LogP contribution in [0.5, 0.6) is 5.75 Å². The number of nitrogens with two attached hydrogens (primary N) is 1. The summed E-state index contributed by atoms with van der Waals surface area (Å²) in [5.74, 6) is 1.50. The first-order valence-electron chi connectivity index (χ1n) is 15.4. The van der Waals surface area contributed by atoms with Crippen LogP contribution in [0.15, 0.2) is 48.5 Å². The summed E-state index contributed by atoms with van der Waals surface area (Å²) in [4.78, 5) is 27.1. The summed E-state index contributed by atoms with van der Waals surface area (Å²) < 4.78 is 5.27. The average molecular weight is 640 g/mol. The number of anilines is 1. The van der Waals surface area contributed by atoms with E-state index < -0.39 is 5.41 Å². The van der Waals surface area contributed by atoms with E-state index in [-0.39, 0.29) is 17.7 Å². The van der Waals surface area contributed by atoms with Crippen molar-refractivity contribution >= 4 is 29.8 Å². The van der Waals surface area contributed by atoms with E-state index in [1.54, 1.807) is 24.9 Å². The van der Waals surface area contributed by atoms with Crippen molar-refractivity contribution in [1.29, 1.82) is 10.5 Å². The van der Waals surface area contributed by atoms with Gasteiger partial charge in [-0.15, -0.1) is 11.8 Å². The highest BCUT2D eigenvalue weighted by atomic mass is 32.2. The normalized spacial score (nSPS) is 13.0. The number of nitrogens with zero attached hydrogens (tertiary/aromatic N) is 4. The molecule has 1 unspecified atom stereocenters. The Bertz CT molecular complexity index is 1170. The summed E-state index contributed by atoms with van der Waals surface area (Å²) in [6.07, 6.45) is 1.44. The van der Waals surface area contributed by atoms with Gasteiger partial charge < -0.3 is 26.0 Å². The number of hydrogen-bond donors (Lipinski definition) is 3. The highest BCUT2D eigenvalue weighted by Gasteiger charge is 2.26. The Morgan fingerprint density at radius 2 is 1.76 bits per heavy atom. The first kappa shape index (κ1) is 41.2. The lowest BCUT2D eigenvalue weighted by atomic mass is 10.00. The van der Waals surface area contributed by atoms with E-state index in [2.05, 4.69) is 62.6 Å². The largest absolute Gasteiger partial charge is 0.497 e. The predicted molar refractivity (Wildman–Crippen MR) is 186 cm³/mol. The van der Waals surface area contributed by atoms with Crippen LogP contribution < -0.4 is 26.0 Å². The number of likely N-dealkylation sites (N-methyl/N-ethyl adjacent to an activating group) is 1. The molecule has 3 rings (SSSR count). The lowest BCUT2D eigenvalue weighted by molar-refractivity contribution is -0.120. The van der Waals surface area contributed by atoms with Crippen molar-refractivity contribution in [3.63, 3.8) is 0 Å². The van der Waals surface area contributed by atoms with Crippen LogP contribution in [-0.2, 0) is 16.0 Å². The number of thioether (sulfide) groups is 1. The van der Waals surface area contributed by atoms with Gasteiger partial charge in [0, 0.05) is 50.7 Å². The summed E-state index contributed by atoms with van der Waals surface area (Å²) in [5.41, 5.74) is 7.53. The van der Waals surface area contributed by atoms with Gasteiger partial charge in [-0.1, -0.05) is 38.1 Å². The van der Waals surface area contributed by atoms with Crippen molar-refractivity contribution in [3.05, 3.63) is 59.7 Å². The third-order valence-electron chi connectivity index (χ3n) is 6.55. The number of ether oxygens (including phenoxy) is 1. The Morgan fingerprint density at radius 1 is 1.11 bits per heavy atom. The number of nitrogens with one attached hydrogen (secondary N) is 2. The molecule has 1 saturated heterocycles. The molecule has 1 fully saturated rings. The molecule has 4 N–H and O–H groups in total. The lowest BCUT2D eigenvalue weighted by Gasteiger charge is -2.36. The zero-order valence-electron chi connectivity index (χ0n) is 28.1. The maximum atomic E-state index is 12.8. The van der Waals surface area contributed by atoms with E-state index >= 15 is 0 Å². The highest BCUT2D eigenvalue weighted by molar-refractivity contribution is 8.00. The number of amides is 2. The molecule has 2 aromatic carbocycles. The summed E-state index contributed by atoms with van der Waals surface area (Å²) in [6.45, 7) is 15.6. The molecule has 248 valence electrons. The Hall–Kier alpha value is -3.77. The molecule has 1 aliphatic rings. The van der Waals surface area contributed by atoms with Crippen molar-refractivity contribution in [2.75, 3.05) is 70.6 Å². The van der Waals surface area contributed by atoms with Crippen LogP contribution in [0.2, 0.25) is 0 Å². The lowest BCUT2D eigenvalue weighted by Crippen LogP contribution is -2.47. The van der Waals surface area contributed by atoms with Crippen LogP contribution in [0.1, 0.15) is 51.0 Å². The molecule has 2 amide bonds. The van der Waals surface area contributed by atoms with Crippen LogP contribution in [0.3, 0.4) is 0 Å². The number of hydrogen-bond acceptors (Lipinski definition) is 9. The number of benzene rings is 2. The van der Waals surface area contributed by atoms with Crippen molar-refractivity contribution in [2.45, 2.75) is 46.3 Å². The minimum Gasteiger partial charge on any atom is -0.497 e. The fourth-order valence-electron chi connectivity index (χ4n) is 4.22. The number of nitriles is 2. The summed E-state index contributed by atoms with van der Waals surface area (Å²) >= 11 is 1.55. The predicted octanol–water partition coefficient (Wildman–Crippen LogP) is 4.38. The fourth-order valence-corrected chi connectivity index (χ4v) is 5.44. The van der Waals surface area contributed by atoms with Crippen molar-refractivity contribution in [3.8, 4) is 17.9 Å². The van der Waals surface area contributed by atoms with E-state index in [1.165, 1.54) is 18.3 Å². The topological polar surface area (TPSA) is 148 Å². The summed E-state index contributed by atoms with van der Waals surface area (Å²) in [7, 11) is 3.19. The van der Waals surface area contributed by atoms with Crippen LogP contribution in [-0.4, -0.2) is 82.9 Å². The quantitative estimate of drug-likeness (QED) is 0.165. The third-order valence-corrected chi connectivity index (χ3v) is 8.26. The van der Waals surface area contributed by atoms with Gasteiger partial charge in [-0.2, -0.15) is 10.5 Å². The Balaban J connectivity index is 0.00000170. The van der Waals surface area contributed by atoms with Crippen molar-refractivity contribution < 1.29 is 14.3 Å². The number of piperazine rings is 1. The minimum atomic E-state index is -0.471. The maximum Gasteiger partial charge on any atom is 0.237 e. The van der Waals surface area contributed by atoms with Crippen molar-refractivity contribution in [2.24, 2.45) is 11.1 Å². The number of methoxy groups -OCH3 is 1. The molecule has 0 radical (unpaired) electrons. The van der Waals surface area contributed by atoms with Gasteiger partial charge in [0.15, 0.2) is 0 Å². The van der Waals surface area contributed by atoms with Crippen LogP contribution in [0, 0.1) is 28.1 Å². The zero-order valence-corrected chi connectivity index (χ0v) is 29.0. The van der Waals surface area contributed by atoms with Crippen LogP contribution in [0.4, 0.5) is 5.69 Å². The molecule has 0 bridgehead atoms. The smallest absolute Gasteiger partial charge is 0.237 e. The molecule has 11 heteroatoms. The van der Waals surface area contributed by atoms with E-state index in [4.69, 9.17) is 10.00 Å². The minimum absolute atomic E-state index is 0.0121. The van der Waals surface area contributed by atoms with Gasteiger partial charge in [0.25, 0.3) is 0 Å². The van der Waals surface area contributed by atoms with Gasteiger partial charge in [-0.05, 0) is 69.6 Å². The van der Waals surface area contributed by atoms with Gasteiger partial charge in [0.2, 0.25) is 12.3 Å². The molecule has 45 heavy (non-hydrogen) atoms. The Kier molecular flexibility index (Phi) is 22.5. The average Bonchev–Trinajstić information content (AvgIpc) is 3.09. The maximum absolute atomic E-state index is 12.8. The molecule has 0 spiro atoms. The molecule has 1 atom stereocenters. The standard InChI is InChI=1S/C28H38N4O2S.C3H4N2O.C2H6.CH5N/c1-5-30-27(33)26(35-21-28(2,3)20-29)23-8-6-7-22(19-23)13-14-31-15-17-32(18-16-31)24-9-11-25(34-4)12-10-24;4-1-2-5-3-6;2*1-2/h6-12,19,26H,5,13-18,21H2,1-4H3,(H,30,33);3H,2H2,(H,5,6);1-2H3;2H2,1H3. The second-order valence-corrected chi connectivity index (χ2v) is 11.4. The van der Waals surface area contributed by atoms with Gasteiger partial charge in [0.05, 0.1) is 24.7 Å². The second kappa shape index (κ2) is 24.5. The van der Waals surface area contributed by atoms with Gasteiger partial charge in [0.1, 0.15) is 17.5 Å². The zero-order chi connectivity index (χ0) is 34.1. The highest BCUT2D eigenvalue weighted by Crippen LogP contribution is 2.34. The first-order valence-corrected chi connectivity index (χ1v) is 16.4. The monoisotopic (exact) mass is 639 g/mol. The molecule has 1 heterocycles. The number of rotatable bonds is 13. The van der Waals surface area contributed by atoms with Crippen molar-refractivity contribution in [1.82, 2.24) is 15.5 Å². The molecular formula is C34H53N7O3S. The van der Waals surface area contributed by atoms with E-state index in [0.717, 1.165) is 50.5 Å². The molecule has 0 aliphatic carbocycles. The van der Waals surface area contributed by atoms with Crippen LogP contribution >= 0.6 is 11.8 Å². The molecule has 1 aliphatic heterocycles. The molecule has 0 aromatic heterocycles. The Morgan fingerprint density at radius 3 is 2.27 bits per heavy atom. The third kappa shape index (κ3) is 16.2. The fraction of sp³-hybridized carbons (Fsp3) is 0.529. The summed E-state index contributed by atoms with van der Waals surface area (Å²) in [5, 5.41) is 21.9. The summed E-state index contributed by atoms with van der Waals surface area (Å²) in [6, 6.07) is 20.7.